The van der Waals surface area contributed by atoms with Crippen LogP contribution in [0, 0.1) is 6.92 Å². The van der Waals surface area contributed by atoms with Gasteiger partial charge in [-0.1, -0.05) is 20.3 Å². The molecule has 0 aromatic carbocycles. The summed E-state index contributed by atoms with van der Waals surface area (Å²) in [5.74, 6) is 1.89. The molecule has 0 fully saturated rings. The van der Waals surface area contributed by atoms with E-state index in [0.717, 1.165) is 48.6 Å². The zero-order valence-corrected chi connectivity index (χ0v) is 11.3. The van der Waals surface area contributed by atoms with Crippen molar-refractivity contribution in [3.05, 3.63) is 29.8 Å². The Morgan fingerprint density at radius 1 is 1.28 bits per heavy atom. The predicted molar refractivity (Wildman–Crippen MR) is 72.3 cm³/mol. The third-order valence-corrected chi connectivity index (χ3v) is 3.02. The van der Waals surface area contributed by atoms with E-state index in [9.17, 15) is 0 Å². The topological polar surface area (TPSA) is 43.6 Å². The minimum Gasteiger partial charge on any atom is -0.264 e. The van der Waals surface area contributed by atoms with E-state index in [1.165, 1.54) is 0 Å². The number of pyridine rings is 1. The lowest BCUT2D eigenvalue weighted by Gasteiger charge is -2.06. The van der Waals surface area contributed by atoms with E-state index < -0.39 is 0 Å². The van der Waals surface area contributed by atoms with E-state index in [0.29, 0.717) is 0 Å². The molecule has 0 saturated heterocycles. The van der Waals surface area contributed by atoms with Gasteiger partial charge in [0.15, 0.2) is 11.6 Å². The molecular formula is C14H20N4. The highest BCUT2D eigenvalue weighted by Crippen LogP contribution is 2.21. The van der Waals surface area contributed by atoms with E-state index in [1.54, 1.807) is 0 Å². The van der Waals surface area contributed by atoms with Crippen LogP contribution in [0.25, 0.3) is 11.4 Å². The Labute approximate surface area is 108 Å². The third kappa shape index (κ3) is 2.58. The summed E-state index contributed by atoms with van der Waals surface area (Å²) >= 11 is 0. The Morgan fingerprint density at radius 2 is 2.11 bits per heavy atom. The molecule has 2 rings (SSSR count). The lowest BCUT2D eigenvalue weighted by molar-refractivity contribution is 0.571. The summed E-state index contributed by atoms with van der Waals surface area (Å²) in [6.45, 7) is 7.27. The summed E-state index contributed by atoms with van der Waals surface area (Å²) in [7, 11) is 0. The van der Waals surface area contributed by atoms with Crippen LogP contribution in [0.4, 0.5) is 0 Å². The van der Waals surface area contributed by atoms with Crippen LogP contribution < -0.4 is 0 Å². The van der Waals surface area contributed by atoms with E-state index in [-0.39, 0.29) is 0 Å². The molecule has 4 nitrogen and oxygen atoms in total. The van der Waals surface area contributed by atoms with Crippen molar-refractivity contribution in [2.75, 3.05) is 0 Å². The molecule has 0 aliphatic carbocycles. The normalized spacial score (nSPS) is 10.8. The summed E-state index contributed by atoms with van der Waals surface area (Å²) in [6, 6.07) is 2.02. The van der Waals surface area contributed by atoms with Crippen molar-refractivity contribution >= 4 is 0 Å². The molecule has 96 valence electrons. The average Bonchev–Trinajstić information content (AvgIpc) is 2.80. The summed E-state index contributed by atoms with van der Waals surface area (Å²) in [5.41, 5.74) is 2.28. The summed E-state index contributed by atoms with van der Waals surface area (Å²) in [4.78, 5) is 8.77. The molecular weight excluding hydrogens is 224 g/mol. The Bertz CT molecular complexity index is 516. The Kier molecular flexibility index (Phi) is 4.07. The number of nitrogens with zero attached hydrogens (tertiary/aromatic N) is 4. The van der Waals surface area contributed by atoms with Crippen molar-refractivity contribution in [3.63, 3.8) is 0 Å². The lowest BCUT2D eigenvalue weighted by atomic mass is 10.1. The predicted octanol–water partition coefficient (Wildman–Crippen LogP) is 3.01. The van der Waals surface area contributed by atoms with Gasteiger partial charge in [-0.3, -0.25) is 4.98 Å². The first-order chi connectivity index (χ1) is 8.76. The molecule has 2 heterocycles. The monoisotopic (exact) mass is 244 g/mol. The second kappa shape index (κ2) is 5.76. The van der Waals surface area contributed by atoms with Crippen molar-refractivity contribution < 1.29 is 0 Å². The molecule has 2 aromatic heterocycles. The van der Waals surface area contributed by atoms with Crippen LogP contribution in [0.3, 0.4) is 0 Å². The van der Waals surface area contributed by atoms with E-state index in [4.69, 9.17) is 0 Å². The molecule has 0 spiro atoms. The van der Waals surface area contributed by atoms with Crippen LogP contribution in [0.5, 0.6) is 0 Å². The van der Waals surface area contributed by atoms with Crippen LogP contribution in [0.15, 0.2) is 18.5 Å². The number of aryl methyl sites for hydroxylation is 3. The van der Waals surface area contributed by atoms with Crippen LogP contribution >= 0.6 is 0 Å². The van der Waals surface area contributed by atoms with Crippen molar-refractivity contribution in [3.8, 4) is 11.4 Å². The fourth-order valence-corrected chi connectivity index (χ4v) is 1.93. The van der Waals surface area contributed by atoms with Gasteiger partial charge >= 0.3 is 0 Å². The Morgan fingerprint density at radius 3 is 2.78 bits per heavy atom. The van der Waals surface area contributed by atoms with Gasteiger partial charge in [0.2, 0.25) is 0 Å². The number of hydrogen-bond donors (Lipinski definition) is 0. The van der Waals surface area contributed by atoms with E-state index in [2.05, 4.69) is 35.8 Å². The smallest absolute Gasteiger partial charge is 0.158 e. The van der Waals surface area contributed by atoms with E-state index >= 15 is 0 Å². The summed E-state index contributed by atoms with van der Waals surface area (Å²) < 4.78 is 2.03. The largest absolute Gasteiger partial charge is 0.264 e. The van der Waals surface area contributed by atoms with Gasteiger partial charge in [0.05, 0.1) is 0 Å². The first-order valence-corrected chi connectivity index (χ1v) is 6.61. The highest BCUT2D eigenvalue weighted by Gasteiger charge is 2.12. The molecule has 0 radical (unpaired) electrons. The molecule has 4 heteroatoms. The third-order valence-electron chi connectivity index (χ3n) is 3.02. The zero-order chi connectivity index (χ0) is 13.0. The number of unbranched alkanes of at least 4 members (excludes halogenated alkanes) is 1. The summed E-state index contributed by atoms with van der Waals surface area (Å²) in [5, 5.41) is 4.57. The molecule has 0 N–H and O–H groups in total. The van der Waals surface area contributed by atoms with Gasteiger partial charge in [-0.25, -0.2) is 9.67 Å². The maximum absolute atomic E-state index is 4.64. The lowest BCUT2D eigenvalue weighted by Crippen LogP contribution is -2.03. The first-order valence-electron chi connectivity index (χ1n) is 6.61. The molecule has 18 heavy (non-hydrogen) atoms. The van der Waals surface area contributed by atoms with Gasteiger partial charge in [0.1, 0.15) is 0 Å². The number of rotatable bonds is 5. The maximum Gasteiger partial charge on any atom is 0.158 e. The minimum atomic E-state index is 0.871. The molecule has 0 saturated carbocycles. The first kappa shape index (κ1) is 12.7. The van der Waals surface area contributed by atoms with Crippen molar-refractivity contribution in [2.45, 2.75) is 46.6 Å². The van der Waals surface area contributed by atoms with Gasteiger partial charge in [0.25, 0.3) is 0 Å². The number of hydrogen-bond acceptors (Lipinski definition) is 3. The molecule has 2 aromatic rings. The van der Waals surface area contributed by atoms with Crippen molar-refractivity contribution in [2.24, 2.45) is 0 Å². The molecule has 0 atom stereocenters. The van der Waals surface area contributed by atoms with E-state index in [1.807, 2.05) is 23.1 Å². The van der Waals surface area contributed by atoms with Gasteiger partial charge in [0, 0.05) is 30.9 Å². The standard InChI is InChI=1S/C14H20N4/c1-4-6-9-18-14(16-13(5-2)17-18)12-7-8-15-10-11(12)3/h7-8,10H,4-6,9H2,1-3H3. The van der Waals surface area contributed by atoms with Gasteiger partial charge in [-0.15, -0.1) is 0 Å². The molecule has 0 unspecified atom stereocenters. The summed E-state index contributed by atoms with van der Waals surface area (Å²) in [6.07, 6.45) is 6.85. The Hall–Kier alpha value is -1.71. The average molecular weight is 244 g/mol. The number of aromatic nitrogens is 4. The highest BCUT2D eigenvalue weighted by molar-refractivity contribution is 5.59. The van der Waals surface area contributed by atoms with Gasteiger partial charge in [-0.2, -0.15) is 5.10 Å². The van der Waals surface area contributed by atoms with Crippen molar-refractivity contribution in [1.82, 2.24) is 19.7 Å². The molecule has 0 aliphatic heterocycles. The quantitative estimate of drug-likeness (QED) is 0.812. The fourth-order valence-electron chi connectivity index (χ4n) is 1.93. The van der Waals surface area contributed by atoms with Crippen LogP contribution in [-0.2, 0) is 13.0 Å². The highest BCUT2D eigenvalue weighted by atomic mass is 15.3. The van der Waals surface area contributed by atoms with Gasteiger partial charge < -0.3 is 0 Å². The maximum atomic E-state index is 4.64. The van der Waals surface area contributed by atoms with Crippen LogP contribution in [0.2, 0.25) is 0 Å². The minimum absolute atomic E-state index is 0.871. The molecule has 0 bridgehead atoms. The molecule has 0 aliphatic rings. The van der Waals surface area contributed by atoms with Gasteiger partial charge in [-0.05, 0) is 25.0 Å². The fraction of sp³-hybridized carbons (Fsp3) is 0.500. The zero-order valence-electron chi connectivity index (χ0n) is 11.3. The van der Waals surface area contributed by atoms with Crippen LogP contribution in [0.1, 0.15) is 38.1 Å². The SMILES string of the molecule is CCCCn1nc(CC)nc1-c1ccncc1C. The second-order valence-corrected chi connectivity index (χ2v) is 4.47. The van der Waals surface area contributed by atoms with Crippen molar-refractivity contribution in [1.29, 1.82) is 0 Å². The van der Waals surface area contributed by atoms with Crippen LogP contribution in [-0.4, -0.2) is 19.7 Å². The Balaban J connectivity index is 2.42. The second-order valence-electron chi connectivity index (χ2n) is 4.47. The molecule has 0 amide bonds.